The van der Waals surface area contributed by atoms with Crippen LogP contribution in [0, 0.1) is 0 Å². The first-order valence-corrected chi connectivity index (χ1v) is 11.8. The molecule has 0 unspecified atom stereocenters. The van der Waals surface area contributed by atoms with Crippen molar-refractivity contribution >= 4 is 32.6 Å². The van der Waals surface area contributed by atoms with Crippen molar-refractivity contribution in [1.29, 1.82) is 0 Å². The van der Waals surface area contributed by atoms with Gasteiger partial charge in [0.15, 0.2) is 0 Å². The Bertz CT molecular complexity index is 1240. The van der Waals surface area contributed by atoms with Crippen LogP contribution in [-0.2, 0) is 13.0 Å². The van der Waals surface area contributed by atoms with Crippen LogP contribution in [0.4, 0.5) is 0 Å². The maximum atomic E-state index is 2.52. The van der Waals surface area contributed by atoms with Crippen LogP contribution >= 0.6 is 0 Å². The summed E-state index contributed by atoms with van der Waals surface area (Å²) >= 11 is 0. The molecule has 0 bridgehead atoms. The number of hydrogen-bond donors (Lipinski definition) is 0. The summed E-state index contributed by atoms with van der Waals surface area (Å²) in [6.45, 7) is 1.12. The molecular weight excluding hydrogens is 374 g/mol. The van der Waals surface area contributed by atoms with E-state index >= 15 is 0 Å². The number of fused-ring (bicyclic) bond motifs is 4. The fraction of sp³-hybridized carbons (Fsp3) is 0.267. The summed E-state index contributed by atoms with van der Waals surface area (Å²) in [7, 11) is 0. The third kappa shape index (κ3) is 4.37. The topological polar surface area (TPSA) is 4.93 Å². The van der Waals surface area contributed by atoms with Crippen molar-refractivity contribution in [1.82, 2.24) is 4.57 Å². The van der Waals surface area contributed by atoms with Crippen molar-refractivity contribution in [2.24, 2.45) is 0 Å². The second-order valence-corrected chi connectivity index (χ2v) is 8.74. The number of aryl methyl sites for hydroxylation is 2. The lowest BCUT2D eigenvalue weighted by atomic mass is 10.0. The van der Waals surface area contributed by atoms with Gasteiger partial charge in [-0.05, 0) is 47.7 Å². The van der Waals surface area contributed by atoms with Gasteiger partial charge in [0, 0.05) is 28.4 Å². The van der Waals surface area contributed by atoms with Gasteiger partial charge < -0.3 is 4.57 Å². The molecule has 0 aliphatic rings. The third-order valence-corrected chi connectivity index (χ3v) is 6.59. The van der Waals surface area contributed by atoms with Crippen molar-refractivity contribution in [2.75, 3.05) is 0 Å². The molecule has 1 nitrogen and oxygen atoms in total. The molecule has 0 spiro atoms. The molecule has 5 rings (SSSR count). The van der Waals surface area contributed by atoms with E-state index in [2.05, 4.69) is 95.6 Å². The minimum atomic E-state index is 1.12. The van der Waals surface area contributed by atoms with E-state index in [1.165, 1.54) is 83.1 Å². The van der Waals surface area contributed by atoms with Gasteiger partial charge in [-0.2, -0.15) is 0 Å². The highest BCUT2D eigenvalue weighted by Crippen LogP contribution is 2.29. The molecule has 0 atom stereocenters. The third-order valence-electron chi connectivity index (χ3n) is 6.59. The number of aromatic nitrogens is 1. The van der Waals surface area contributed by atoms with E-state index in [-0.39, 0.29) is 0 Å². The van der Waals surface area contributed by atoms with Crippen LogP contribution in [0.1, 0.15) is 44.1 Å². The number of hydrogen-bond acceptors (Lipinski definition) is 0. The molecule has 0 saturated heterocycles. The highest BCUT2D eigenvalue weighted by molar-refractivity contribution is 6.07. The monoisotopic (exact) mass is 405 g/mol. The number of para-hydroxylation sites is 2. The second kappa shape index (κ2) is 9.39. The maximum Gasteiger partial charge on any atom is 0.0491 e. The second-order valence-electron chi connectivity index (χ2n) is 8.74. The molecule has 0 amide bonds. The van der Waals surface area contributed by atoms with Gasteiger partial charge in [-0.1, -0.05) is 105 Å². The van der Waals surface area contributed by atoms with Crippen molar-refractivity contribution in [3.63, 3.8) is 0 Å². The number of unbranched alkanes of at least 4 members (excludes halogenated alkanes) is 5. The van der Waals surface area contributed by atoms with Gasteiger partial charge >= 0.3 is 0 Å². The number of benzene rings is 4. The summed E-state index contributed by atoms with van der Waals surface area (Å²) in [6, 6.07) is 33.2. The average molecular weight is 406 g/mol. The van der Waals surface area contributed by atoms with Crippen molar-refractivity contribution < 1.29 is 0 Å². The highest BCUT2D eigenvalue weighted by atomic mass is 15.0. The van der Waals surface area contributed by atoms with Gasteiger partial charge in [0.1, 0.15) is 0 Å². The Kier molecular flexibility index (Phi) is 6.02. The van der Waals surface area contributed by atoms with E-state index < -0.39 is 0 Å². The van der Waals surface area contributed by atoms with Crippen LogP contribution in [0.2, 0.25) is 0 Å². The molecule has 1 heteroatoms. The number of rotatable bonds is 9. The van der Waals surface area contributed by atoms with Gasteiger partial charge in [-0.3, -0.25) is 0 Å². The van der Waals surface area contributed by atoms with Crippen molar-refractivity contribution in [3.8, 4) is 0 Å². The van der Waals surface area contributed by atoms with Gasteiger partial charge in [0.05, 0.1) is 0 Å². The Morgan fingerprint density at radius 2 is 1.06 bits per heavy atom. The Morgan fingerprint density at radius 1 is 0.484 bits per heavy atom. The Balaban J connectivity index is 1.08. The SMILES string of the molecule is c1ccc2cc(CCCCCCCCn3c4ccccc4c4ccccc43)ccc2c1. The first-order chi connectivity index (χ1) is 15.4. The van der Waals surface area contributed by atoms with E-state index in [1.807, 2.05) is 0 Å². The first-order valence-electron chi connectivity index (χ1n) is 11.8. The standard InChI is InChI=1S/C30H31N/c1(3-5-13-24-20-21-25-14-6-7-15-26(25)23-24)2-4-12-22-31-29-18-10-8-16-27(29)28-17-9-11-19-30(28)31/h6-11,14-21,23H,1-5,12-13,22H2. The molecule has 4 aromatic carbocycles. The molecular formula is C30H31N. The molecule has 31 heavy (non-hydrogen) atoms. The molecule has 0 aliphatic carbocycles. The largest absolute Gasteiger partial charge is 0.340 e. The molecule has 0 radical (unpaired) electrons. The molecule has 0 fully saturated rings. The van der Waals surface area contributed by atoms with E-state index in [0.29, 0.717) is 0 Å². The summed E-state index contributed by atoms with van der Waals surface area (Å²) < 4.78 is 2.52. The van der Waals surface area contributed by atoms with Crippen molar-refractivity contribution in [3.05, 3.63) is 96.6 Å². The van der Waals surface area contributed by atoms with Gasteiger partial charge in [-0.25, -0.2) is 0 Å². The zero-order valence-corrected chi connectivity index (χ0v) is 18.3. The predicted octanol–water partition coefficient (Wildman–Crippen LogP) is 8.53. The smallest absolute Gasteiger partial charge is 0.0491 e. The van der Waals surface area contributed by atoms with E-state index in [4.69, 9.17) is 0 Å². The zero-order valence-electron chi connectivity index (χ0n) is 18.3. The molecule has 5 aromatic rings. The fourth-order valence-electron chi connectivity index (χ4n) is 4.94. The lowest BCUT2D eigenvalue weighted by Gasteiger charge is -2.08. The lowest BCUT2D eigenvalue weighted by molar-refractivity contribution is 0.563. The maximum absolute atomic E-state index is 2.52. The normalized spacial score (nSPS) is 11.6. The molecule has 0 saturated carbocycles. The van der Waals surface area contributed by atoms with Crippen molar-refractivity contribution in [2.45, 2.75) is 51.5 Å². The summed E-state index contributed by atoms with van der Waals surface area (Å²) in [5.74, 6) is 0. The first kappa shape index (κ1) is 19.9. The Morgan fingerprint density at radius 3 is 1.81 bits per heavy atom. The minimum absolute atomic E-state index is 1.12. The Hall–Kier alpha value is -3.06. The van der Waals surface area contributed by atoms with Gasteiger partial charge in [0.2, 0.25) is 0 Å². The van der Waals surface area contributed by atoms with Crippen LogP contribution in [0.25, 0.3) is 32.6 Å². The summed E-state index contributed by atoms with van der Waals surface area (Å²) in [5.41, 5.74) is 4.23. The average Bonchev–Trinajstić information content (AvgIpc) is 3.14. The van der Waals surface area contributed by atoms with E-state index in [1.54, 1.807) is 0 Å². The quantitative estimate of drug-likeness (QED) is 0.217. The summed E-state index contributed by atoms with van der Waals surface area (Å²) in [6.07, 6.45) is 9.10. The molecule has 0 aliphatic heterocycles. The predicted molar refractivity (Wildman–Crippen MR) is 135 cm³/mol. The number of nitrogens with zero attached hydrogens (tertiary/aromatic N) is 1. The van der Waals surface area contributed by atoms with Crippen LogP contribution in [0.3, 0.4) is 0 Å². The van der Waals surface area contributed by atoms with Crippen LogP contribution < -0.4 is 0 Å². The lowest BCUT2D eigenvalue weighted by Crippen LogP contribution is -1.97. The van der Waals surface area contributed by atoms with Crippen LogP contribution in [0.15, 0.2) is 91.0 Å². The van der Waals surface area contributed by atoms with Gasteiger partial charge in [-0.15, -0.1) is 0 Å². The molecule has 1 heterocycles. The van der Waals surface area contributed by atoms with E-state index in [9.17, 15) is 0 Å². The molecule has 0 N–H and O–H groups in total. The van der Waals surface area contributed by atoms with Crippen LogP contribution in [0.5, 0.6) is 0 Å². The van der Waals surface area contributed by atoms with Gasteiger partial charge in [0.25, 0.3) is 0 Å². The fourth-order valence-corrected chi connectivity index (χ4v) is 4.94. The minimum Gasteiger partial charge on any atom is -0.340 e. The highest BCUT2D eigenvalue weighted by Gasteiger charge is 2.08. The Labute approximate surface area is 185 Å². The van der Waals surface area contributed by atoms with Crippen LogP contribution in [-0.4, -0.2) is 4.57 Å². The molecule has 156 valence electrons. The summed E-state index contributed by atoms with van der Waals surface area (Å²) in [5, 5.41) is 5.47. The zero-order chi connectivity index (χ0) is 20.9. The molecule has 1 aromatic heterocycles. The van der Waals surface area contributed by atoms with E-state index in [0.717, 1.165) is 6.54 Å². The summed E-state index contributed by atoms with van der Waals surface area (Å²) in [4.78, 5) is 0.